The number of anilines is 1. The molecule has 0 amide bonds. The topological polar surface area (TPSA) is 15.3 Å². The van der Waals surface area contributed by atoms with Crippen molar-refractivity contribution in [3.8, 4) is 0 Å². The molecular weight excluding hydrogens is 220 g/mol. The minimum absolute atomic E-state index is 0.485. The molecule has 0 saturated heterocycles. The SMILES string of the molecule is CCNC(CC)c1ccccc1N(CC)C1CC1. The Balaban J connectivity index is 2.28. The summed E-state index contributed by atoms with van der Waals surface area (Å²) in [6, 6.07) is 10.2. The number of hydrogen-bond acceptors (Lipinski definition) is 2. The monoisotopic (exact) mass is 246 g/mol. The molecular formula is C16H26N2. The normalized spacial score (nSPS) is 16.6. The van der Waals surface area contributed by atoms with Gasteiger partial charge in [-0.1, -0.05) is 32.0 Å². The van der Waals surface area contributed by atoms with E-state index in [9.17, 15) is 0 Å². The molecule has 0 spiro atoms. The largest absolute Gasteiger partial charge is 0.369 e. The first-order valence-corrected chi connectivity index (χ1v) is 7.40. The molecule has 1 unspecified atom stereocenters. The molecule has 1 saturated carbocycles. The van der Waals surface area contributed by atoms with Crippen molar-refractivity contribution in [2.75, 3.05) is 18.0 Å². The van der Waals surface area contributed by atoms with Gasteiger partial charge in [0.25, 0.3) is 0 Å². The maximum Gasteiger partial charge on any atom is 0.0417 e. The minimum atomic E-state index is 0.485. The molecule has 100 valence electrons. The summed E-state index contributed by atoms with van der Waals surface area (Å²) in [4.78, 5) is 2.58. The Morgan fingerprint density at radius 3 is 2.50 bits per heavy atom. The summed E-state index contributed by atoms with van der Waals surface area (Å²) in [6.45, 7) is 8.86. The van der Waals surface area contributed by atoms with Gasteiger partial charge in [0.15, 0.2) is 0 Å². The summed E-state index contributed by atoms with van der Waals surface area (Å²) >= 11 is 0. The highest BCUT2D eigenvalue weighted by molar-refractivity contribution is 5.56. The van der Waals surface area contributed by atoms with Crippen LogP contribution in [0.2, 0.25) is 0 Å². The Bertz CT molecular complexity index is 371. The van der Waals surface area contributed by atoms with Crippen molar-refractivity contribution in [1.82, 2.24) is 5.32 Å². The van der Waals surface area contributed by atoms with Gasteiger partial charge in [0.05, 0.1) is 0 Å². The Hall–Kier alpha value is -1.02. The summed E-state index contributed by atoms with van der Waals surface area (Å²) in [5.74, 6) is 0. The van der Waals surface area contributed by atoms with Gasteiger partial charge in [0.2, 0.25) is 0 Å². The molecule has 1 fully saturated rings. The van der Waals surface area contributed by atoms with E-state index in [-0.39, 0.29) is 0 Å². The predicted octanol–water partition coefficient (Wildman–Crippen LogP) is 3.74. The van der Waals surface area contributed by atoms with Crippen LogP contribution in [-0.4, -0.2) is 19.1 Å². The van der Waals surface area contributed by atoms with Gasteiger partial charge in [-0.3, -0.25) is 0 Å². The van der Waals surface area contributed by atoms with Gasteiger partial charge in [0.1, 0.15) is 0 Å². The number of nitrogens with one attached hydrogen (secondary N) is 1. The van der Waals surface area contributed by atoms with E-state index in [1.165, 1.54) is 24.1 Å². The van der Waals surface area contributed by atoms with E-state index in [1.807, 2.05) is 0 Å². The lowest BCUT2D eigenvalue weighted by molar-refractivity contribution is 0.536. The van der Waals surface area contributed by atoms with Crippen LogP contribution in [0.5, 0.6) is 0 Å². The molecule has 2 heteroatoms. The standard InChI is InChI=1S/C16H26N2/c1-4-15(17-5-2)14-9-7-8-10-16(14)18(6-3)13-11-12-13/h7-10,13,15,17H,4-6,11-12H2,1-3H3. The van der Waals surface area contributed by atoms with E-state index in [1.54, 1.807) is 0 Å². The number of rotatable bonds is 7. The fourth-order valence-electron chi connectivity index (χ4n) is 2.78. The molecule has 1 aliphatic rings. The lowest BCUT2D eigenvalue weighted by Crippen LogP contribution is -2.29. The van der Waals surface area contributed by atoms with Crippen LogP contribution in [0.15, 0.2) is 24.3 Å². The number of para-hydroxylation sites is 1. The highest BCUT2D eigenvalue weighted by Crippen LogP contribution is 2.36. The van der Waals surface area contributed by atoms with Gasteiger partial charge in [-0.25, -0.2) is 0 Å². The molecule has 2 nitrogen and oxygen atoms in total. The van der Waals surface area contributed by atoms with Crippen LogP contribution in [0, 0.1) is 0 Å². The van der Waals surface area contributed by atoms with Gasteiger partial charge in [-0.2, -0.15) is 0 Å². The minimum Gasteiger partial charge on any atom is -0.369 e. The molecule has 0 heterocycles. The van der Waals surface area contributed by atoms with E-state index in [4.69, 9.17) is 0 Å². The van der Waals surface area contributed by atoms with E-state index >= 15 is 0 Å². The zero-order valence-corrected chi connectivity index (χ0v) is 11.9. The van der Waals surface area contributed by atoms with Crippen LogP contribution >= 0.6 is 0 Å². The first kappa shape index (κ1) is 13.4. The molecule has 1 aliphatic carbocycles. The van der Waals surface area contributed by atoms with E-state index in [0.29, 0.717) is 6.04 Å². The molecule has 0 bridgehead atoms. The molecule has 1 aromatic carbocycles. The molecule has 18 heavy (non-hydrogen) atoms. The number of nitrogens with zero attached hydrogens (tertiary/aromatic N) is 1. The van der Waals surface area contributed by atoms with Crippen molar-refractivity contribution in [3.05, 3.63) is 29.8 Å². The number of hydrogen-bond donors (Lipinski definition) is 1. The van der Waals surface area contributed by atoms with Crippen molar-refractivity contribution in [2.24, 2.45) is 0 Å². The Morgan fingerprint density at radius 1 is 1.22 bits per heavy atom. The van der Waals surface area contributed by atoms with Crippen molar-refractivity contribution >= 4 is 5.69 Å². The van der Waals surface area contributed by atoms with Gasteiger partial charge in [-0.05, 0) is 44.4 Å². The van der Waals surface area contributed by atoms with Crippen molar-refractivity contribution in [3.63, 3.8) is 0 Å². The molecule has 2 rings (SSSR count). The van der Waals surface area contributed by atoms with Crippen molar-refractivity contribution in [1.29, 1.82) is 0 Å². The van der Waals surface area contributed by atoms with E-state index in [0.717, 1.165) is 25.6 Å². The van der Waals surface area contributed by atoms with Gasteiger partial charge >= 0.3 is 0 Å². The Kier molecular flexibility index (Phi) is 4.65. The first-order chi connectivity index (χ1) is 8.81. The molecule has 0 radical (unpaired) electrons. The maximum atomic E-state index is 3.60. The Morgan fingerprint density at radius 2 is 1.94 bits per heavy atom. The molecule has 0 aromatic heterocycles. The molecule has 1 aromatic rings. The van der Waals surface area contributed by atoms with Crippen molar-refractivity contribution < 1.29 is 0 Å². The van der Waals surface area contributed by atoms with Gasteiger partial charge in [0, 0.05) is 24.3 Å². The van der Waals surface area contributed by atoms with Crippen LogP contribution in [0.1, 0.15) is 51.6 Å². The third-order valence-electron chi connectivity index (χ3n) is 3.81. The fourth-order valence-corrected chi connectivity index (χ4v) is 2.78. The third kappa shape index (κ3) is 2.86. The molecule has 0 aliphatic heterocycles. The molecule has 1 atom stereocenters. The Labute approximate surface area is 111 Å². The predicted molar refractivity (Wildman–Crippen MR) is 79.2 cm³/mol. The summed E-state index contributed by atoms with van der Waals surface area (Å²) in [5, 5.41) is 3.60. The van der Waals surface area contributed by atoms with E-state index < -0.39 is 0 Å². The zero-order chi connectivity index (χ0) is 13.0. The van der Waals surface area contributed by atoms with Crippen LogP contribution in [0.3, 0.4) is 0 Å². The zero-order valence-electron chi connectivity index (χ0n) is 11.9. The smallest absolute Gasteiger partial charge is 0.0417 e. The summed E-state index contributed by atoms with van der Waals surface area (Å²) in [7, 11) is 0. The second-order valence-corrected chi connectivity index (χ2v) is 5.09. The second kappa shape index (κ2) is 6.24. The van der Waals surface area contributed by atoms with Crippen LogP contribution < -0.4 is 10.2 Å². The lowest BCUT2D eigenvalue weighted by atomic mass is 10.0. The van der Waals surface area contributed by atoms with Crippen LogP contribution in [-0.2, 0) is 0 Å². The summed E-state index contributed by atoms with van der Waals surface area (Å²) < 4.78 is 0. The van der Waals surface area contributed by atoms with Crippen LogP contribution in [0.4, 0.5) is 5.69 Å². The highest BCUT2D eigenvalue weighted by atomic mass is 15.2. The van der Waals surface area contributed by atoms with Crippen molar-refractivity contribution in [2.45, 2.75) is 52.1 Å². The summed E-state index contributed by atoms with van der Waals surface area (Å²) in [6.07, 6.45) is 3.87. The summed E-state index contributed by atoms with van der Waals surface area (Å²) in [5.41, 5.74) is 2.91. The average molecular weight is 246 g/mol. The molecule has 1 N–H and O–H groups in total. The van der Waals surface area contributed by atoms with Crippen LogP contribution in [0.25, 0.3) is 0 Å². The quantitative estimate of drug-likeness (QED) is 0.788. The van der Waals surface area contributed by atoms with Gasteiger partial charge in [-0.15, -0.1) is 0 Å². The fraction of sp³-hybridized carbons (Fsp3) is 0.625. The third-order valence-corrected chi connectivity index (χ3v) is 3.81. The highest BCUT2D eigenvalue weighted by Gasteiger charge is 2.29. The second-order valence-electron chi connectivity index (χ2n) is 5.09. The first-order valence-electron chi connectivity index (χ1n) is 7.40. The van der Waals surface area contributed by atoms with E-state index in [2.05, 4.69) is 55.3 Å². The number of benzene rings is 1. The lowest BCUT2D eigenvalue weighted by Gasteiger charge is -2.29. The maximum absolute atomic E-state index is 3.60. The average Bonchev–Trinajstić information content (AvgIpc) is 3.22. The van der Waals surface area contributed by atoms with Gasteiger partial charge < -0.3 is 10.2 Å².